The van der Waals surface area contributed by atoms with Crippen LogP contribution in [0.2, 0.25) is 10.0 Å². The van der Waals surface area contributed by atoms with Crippen molar-refractivity contribution >= 4 is 34.9 Å². The third-order valence-corrected chi connectivity index (χ3v) is 4.98. The van der Waals surface area contributed by atoms with E-state index in [0.717, 1.165) is 5.56 Å². The first kappa shape index (κ1) is 17.0. The van der Waals surface area contributed by atoms with Crippen LogP contribution in [-0.4, -0.2) is 20.7 Å². The molecule has 1 aromatic carbocycles. The van der Waals surface area contributed by atoms with Crippen LogP contribution in [0, 0.1) is 5.95 Å². The molecule has 1 N–H and O–H groups in total. The zero-order chi connectivity index (χ0) is 18.3. The maximum Gasteiger partial charge on any atom is 0.236 e. The molecule has 3 aromatic rings. The van der Waals surface area contributed by atoms with Crippen molar-refractivity contribution in [2.24, 2.45) is 0 Å². The van der Waals surface area contributed by atoms with Crippen molar-refractivity contribution in [1.29, 1.82) is 0 Å². The Morgan fingerprint density at radius 2 is 2.00 bits per heavy atom. The molecule has 0 spiro atoms. The van der Waals surface area contributed by atoms with Crippen LogP contribution >= 0.6 is 23.2 Å². The normalized spacial score (nSPS) is 14.9. The smallest absolute Gasteiger partial charge is 0.236 e. The second kappa shape index (κ2) is 6.37. The Bertz CT molecular complexity index is 1000. The third kappa shape index (κ3) is 3.06. The lowest BCUT2D eigenvalue weighted by molar-refractivity contribution is -0.118. The molecule has 1 aliphatic rings. The van der Waals surface area contributed by atoms with E-state index in [9.17, 15) is 9.18 Å². The number of nitrogens with one attached hydrogen (secondary N) is 1. The molecule has 1 amide bonds. The van der Waals surface area contributed by atoms with Crippen LogP contribution in [0.5, 0.6) is 0 Å². The summed E-state index contributed by atoms with van der Waals surface area (Å²) in [6, 6.07) is 9.68. The summed E-state index contributed by atoms with van der Waals surface area (Å²) < 4.78 is 14.7. The van der Waals surface area contributed by atoms with Gasteiger partial charge < -0.3 is 5.32 Å². The fraction of sp³-hybridized carbons (Fsp3) is 0.167. The van der Waals surface area contributed by atoms with Crippen molar-refractivity contribution in [3.05, 3.63) is 70.3 Å². The van der Waals surface area contributed by atoms with Crippen molar-refractivity contribution in [3.8, 4) is 5.69 Å². The molecule has 26 heavy (non-hydrogen) atoms. The van der Waals surface area contributed by atoms with Crippen LogP contribution < -0.4 is 5.32 Å². The summed E-state index contributed by atoms with van der Waals surface area (Å²) in [7, 11) is 0. The van der Waals surface area contributed by atoms with Crippen LogP contribution in [-0.2, 0) is 10.2 Å². The van der Waals surface area contributed by atoms with E-state index in [1.165, 1.54) is 16.9 Å². The van der Waals surface area contributed by atoms with E-state index < -0.39 is 11.4 Å². The first-order valence-corrected chi connectivity index (χ1v) is 8.68. The molecular weight excluding hydrogens is 378 g/mol. The standard InChI is InChI=1S/C18H13Cl2FN4O/c19-11-1-2-13(14(20)9-11)18(5-6-18)17(26)23-16-4-8-25(24-16)12-3-7-22-15(21)10-12/h1-4,7-10H,5-6H2,(H,23,24,26). The molecule has 0 radical (unpaired) electrons. The Morgan fingerprint density at radius 1 is 1.19 bits per heavy atom. The molecule has 0 atom stereocenters. The van der Waals surface area contributed by atoms with Crippen molar-refractivity contribution in [3.63, 3.8) is 0 Å². The zero-order valence-corrected chi connectivity index (χ0v) is 14.9. The highest BCUT2D eigenvalue weighted by atomic mass is 35.5. The van der Waals surface area contributed by atoms with E-state index in [-0.39, 0.29) is 5.91 Å². The number of hydrogen-bond acceptors (Lipinski definition) is 3. The van der Waals surface area contributed by atoms with Crippen molar-refractivity contribution in [1.82, 2.24) is 14.8 Å². The third-order valence-electron chi connectivity index (χ3n) is 4.44. The van der Waals surface area contributed by atoms with Crippen LogP contribution in [0.1, 0.15) is 18.4 Å². The van der Waals surface area contributed by atoms with Crippen LogP contribution in [0.4, 0.5) is 10.2 Å². The van der Waals surface area contributed by atoms with Gasteiger partial charge in [-0.3, -0.25) is 4.79 Å². The van der Waals surface area contributed by atoms with Gasteiger partial charge in [0.05, 0.1) is 11.1 Å². The lowest BCUT2D eigenvalue weighted by Gasteiger charge is -2.16. The van der Waals surface area contributed by atoms with Crippen LogP contribution in [0.25, 0.3) is 5.69 Å². The molecule has 0 saturated heterocycles. The van der Waals surface area contributed by atoms with E-state index >= 15 is 0 Å². The Labute approximate surface area is 158 Å². The van der Waals surface area contributed by atoms with Gasteiger partial charge in [-0.1, -0.05) is 29.3 Å². The van der Waals surface area contributed by atoms with Gasteiger partial charge >= 0.3 is 0 Å². The van der Waals surface area contributed by atoms with E-state index in [1.54, 1.807) is 36.5 Å². The summed E-state index contributed by atoms with van der Waals surface area (Å²) in [6.45, 7) is 0. The minimum atomic E-state index is -0.659. The molecule has 132 valence electrons. The molecule has 0 bridgehead atoms. The largest absolute Gasteiger partial charge is 0.308 e. The lowest BCUT2D eigenvalue weighted by atomic mass is 9.95. The van der Waals surface area contributed by atoms with E-state index in [1.807, 2.05) is 0 Å². The number of aromatic nitrogens is 3. The molecule has 1 saturated carbocycles. The van der Waals surface area contributed by atoms with Crippen molar-refractivity contribution in [2.75, 3.05) is 5.32 Å². The Hall–Kier alpha value is -2.44. The van der Waals surface area contributed by atoms with Gasteiger partial charge in [0, 0.05) is 34.6 Å². The van der Waals surface area contributed by atoms with Gasteiger partial charge in [-0.05, 0) is 36.6 Å². The molecule has 2 heterocycles. The summed E-state index contributed by atoms with van der Waals surface area (Å²) in [4.78, 5) is 16.3. The fourth-order valence-corrected chi connectivity index (χ4v) is 3.52. The van der Waals surface area contributed by atoms with E-state index in [4.69, 9.17) is 23.2 Å². The number of halogens is 3. The van der Waals surface area contributed by atoms with Crippen molar-refractivity contribution in [2.45, 2.75) is 18.3 Å². The number of rotatable bonds is 4. The number of anilines is 1. The van der Waals surface area contributed by atoms with Crippen molar-refractivity contribution < 1.29 is 9.18 Å². The summed E-state index contributed by atoms with van der Waals surface area (Å²) in [5.41, 5.74) is 0.616. The fourth-order valence-electron chi connectivity index (χ4n) is 2.93. The maximum atomic E-state index is 13.2. The zero-order valence-electron chi connectivity index (χ0n) is 13.4. The molecule has 0 aliphatic heterocycles. The molecule has 8 heteroatoms. The molecule has 5 nitrogen and oxygen atoms in total. The predicted octanol–water partition coefficient (Wildman–Crippen LogP) is 4.38. The highest BCUT2D eigenvalue weighted by Crippen LogP contribution is 2.51. The SMILES string of the molecule is O=C(Nc1ccn(-c2ccnc(F)c2)n1)C1(c2ccc(Cl)cc2Cl)CC1. The Balaban J connectivity index is 1.55. The predicted molar refractivity (Wildman–Crippen MR) is 97.3 cm³/mol. The Kier molecular flexibility index (Phi) is 4.17. The second-order valence-electron chi connectivity index (χ2n) is 6.14. The van der Waals surface area contributed by atoms with Crippen LogP contribution in [0.15, 0.2) is 48.8 Å². The summed E-state index contributed by atoms with van der Waals surface area (Å²) >= 11 is 12.2. The second-order valence-corrected chi connectivity index (χ2v) is 6.99. The molecular formula is C18H13Cl2FN4O. The highest BCUT2D eigenvalue weighted by Gasteiger charge is 2.52. The molecule has 1 fully saturated rings. The average Bonchev–Trinajstić information content (AvgIpc) is 3.27. The Morgan fingerprint density at radius 3 is 2.69 bits per heavy atom. The number of carbonyl (C=O) groups excluding carboxylic acids is 1. The highest BCUT2D eigenvalue weighted by molar-refractivity contribution is 6.35. The summed E-state index contributed by atoms with van der Waals surface area (Å²) in [6.07, 6.45) is 4.40. The molecule has 1 aliphatic carbocycles. The molecule has 4 rings (SSSR count). The van der Waals surface area contributed by atoms with Gasteiger partial charge in [0.15, 0.2) is 5.82 Å². The van der Waals surface area contributed by atoms with Crippen LogP contribution in [0.3, 0.4) is 0 Å². The van der Waals surface area contributed by atoms with Gasteiger partial charge in [-0.2, -0.15) is 9.49 Å². The molecule has 2 aromatic heterocycles. The topological polar surface area (TPSA) is 59.8 Å². The number of carbonyl (C=O) groups is 1. The monoisotopic (exact) mass is 390 g/mol. The number of hydrogen-bond donors (Lipinski definition) is 1. The minimum absolute atomic E-state index is 0.173. The van der Waals surface area contributed by atoms with Gasteiger partial charge in [0.25, 0.3) is 0 Å². The van der Waals surface area contributed by atoms with E-state index in [0.29, 0.717) is 34.4 Å². The van der Waals surface area contributed by atoms with Gasteiger partial charge in [-0.25, -0.2) is 9.67 Å². The number of pyridine rings is 1. The maximum absolute atomic E-state index is 13.2. The number of amides is 1. The summed E-state index contributed by atoms with van der Waals surface area (Å²) in [5, 5.41) is 8.09. The van der Waals surface area contributed by atoms with Gasteiger partial charge in [0.1, 0.15) is 0 Å². The van der Waals surface area contributed by atoms with Gasteiger partial charge in [0.2, 0.25) is 11.9 Å². The lowest BCUT2D eigenvalue weighted by Crippen LogP contribution is -2.28. The molecule has 0 unspecified atom stereocenters. The summed E-state index contributed by atoms with van der Waals surface area (Å²) in [5.74, 6) is -0.394. The number of benzene rings is 1. The first-order valence-electron chi connectivity index (χ1n) is 7.92. The quantitative estimate of drug-likeness (QED) is 0.672. The average molecular weight is 391 g/mol. The van der Waals surface area contributed by atoms with Gasteiger partial charge in [-0.15, -0.1) is 0 Å². The number of nitrogens with zero attached hydrogens (tertiary/aromatic N) is 3. The first-order chi connectivity index (χ1) is 12.5. The van der Waals surface area contributed by atoms with E-state index in [2.05, 4.69) is 15.4 Å². The minimum Gasteiger partial charge on any atom is -0.308 e.